The van der Waals surface area contributed by atoms with Crippen LogP contribution in [0, 0.1) is 23.0 Å². The summed E-state index contributed by atoms with van der Waals surface area (Å²) >= 11 is 0. The molecule has 1 heterocycles. The molecular formula is C29H17F2N3. The number of nitrogens with zero attached hydrogens (tertiary/aromatic N) is 3. The fourth-order valence-electron chi connectivity index (χ4n) is 3.76. The third-order valence-corrected chi connectivity index (χ3v) is 5.48. The number of rotatable bonds is 4. The summed E-state index contributed by atoms with van der Waals surface area (Å²) in [5.74, 6) is -0.674. The van der Waals surface area contributed by atoms with E-state index in [0.717, 1.165) is 11.1 Å². The van der Waals surface area contributed by atoms with Gasteiger partial charge in [0.1, 0.15) is 11.6 Å². The monoisotopic (exact) mass is 445 g/mol. The quantitative estimate of drug-likeness (QED) is 0.292. The molecule has 0 saturated carbocycles. The SMILES string of the molecule is N#Cc1ccc(F)c(-c2ccc(-c3cc(-c4ccccc4)nc(-c4ccccc4)n3)cc2F)c1. The van der Waals surface area contributed by atoms with Gasteiger partial charge in [-0.2, -0.15) is 5.26 Å². The highest BCUT2D eigenvalue weighted by Crippen LogP contribution is 2.32. The zero-order valence-electron chi connectivity index (χ0n) is 17.9. The molecule has 0 amide bonds. The summed E-state index contributed by atoms with van der Waals surface area (Å²) in [6, 6.07) is 31.5. The van der Waals surface area contributed by atoms with E-state index in [4.69, 9.17) is 15.2 Å². The largest absolute Gasteiger partial charge is 0.228 e. The van der Waals surface area contributed by atoms with Gasteiger partial charge < -0.3 is 0 Å². The second-order valence-corrected chi connectivity index (χ2v) is 7.70. The van der Waals surface area contributed by atoms with Crippen LogP contribution in [0.25, 0.3) is 45.0 Å². The van der Waals surface area contributed by atoms with Gasteiger partial charge >= 0.3 is 0 Å². The van der Waals surface area contributed by atoms with Crippen molar-refractivity contribution in [2.75, 3.05) is 0 Å². The molecule has 1 aromatic heterocycles. The van der Waals surface area contributed by atoms with E-state index in [1.165, 1.54) is 30.3 Å². The first-order valence-electron chi connectivity index (χ1n) is 10.6. The molecule has 5 heteroatoms. The number of hydrogen-bond acceptors (Lipinski definition) is 3. The van der Waals surface area contributed by atoms with Crippen LogP contribution in [0.2, 0.25) is 0 Å². The molecule has 0 unspecified atom stereocenters. The van der Waals surface area contributed by atoms with Gasteiger partial charge in [0.25, 0.3) is 0 Å². The molecule has 162 valence electrons. The zero-order valence-corrected chi connectivity index (χ0v) is 17.9. The van der Waals surface area contributed by atoms with Crippen LogP contribution in [0.3, 0.4) is 0 Å². The summed E-state index contributed by atoms with van der Waals surface area (Å²) in [6.07, 6.45) is 0. The maximum absolute atomic E-state index is 15.2. The van der Waals surface area contributed by atoms with E-state index in [2.05, 4.69) is 0 Å². The zero-order chi connectivity index (χ0) is 23.5. The highest BCUT2D eigenvalue weighted by molar-refractivity contribution is 5.75. The number of aromatic nitrogens is 2. The molecular weight excluding hydrogens is 428 g/mol. The van der Waals surface area contributed by atoms with Gasteiger partial charge in [0.2, 0.25) is 0 Å². The van der Waals surface area contributed by atoms with Crippen molar-refractivity contribution in [3.8, 4) is 51.1 Å². The smallest absolute Gasteiger partial charge is 0.160 e. The lowest BCUT2D eigenvalue weighted by Crippen LogP contribution is -1.97. The fraction of sp³-hybridized carbons (Fsp3) is 0. The van der Waals surface area contributed by atoms with E-state index in [-0.39, 0.29) is 16.7 Å². The molecule has 0 aliphatic rings. The van der Waals surface area contributed by atoms with Gasteiger partial charge in [-0.05, 0) is 30.3 Å². The van der Waals surface area contributed by atoms with Crippen LogP contribution in [-0.4, -0.2) is 9.97 Å². The van der Waals surface area contributed by atoms with Gasteiger partial charge in [-0.3, -0.25) is 0 Å². The Labute approximate surface area is 195 Å². The molecule has 0 aliphatic heterocycles. The highest BCUT2D eigenvalue weighted by atomic mass is 19.1. The molecule has 0 fully saturated rings. The molecule has 3 nitrogen and oxygen atoms in total. The second kappa shape index (κ2) is 9.05. The van der Waals surface area contributed by atoms with Crippen molar-refractivity contribution in [2.24, 2.45) is 0 Å². The van der Waals surface area contributed by atoms with Crippen LogP contribution in [0.4, 0.5) is 8.78 Å². The van der Waals surface area contributed by atoms with Crippen molar-refractivity contribution in [1.82, 2.24) is 9.97 Å². The van der Waals surface area contributed by atoms with E-state index in [9.17, 15) is 4.39 Å². The van der Waals surface area contributed by atoms with Crippen LogP contribution in [-0.2, 0) is 0 Å². The Balaban J connectivity index is 1.64. The van der Waals surface area contributed by atoms with Crippen molar-refractivity contribution in [1.29, 1.82) is 5.26 Å². The van der Waals surface area contributed by atoms with E-state index in [1.807, 2.05) is 72.8 Å². The first-order chi connectivity index (χ1) is 16.6. The molecule has 0 saturated heterocycles. The Morgan fingerprint density at radius 3 is 1.85 bits per heavy atom. The van der Waals surface area contributed by atoms with Crippen molar-refractivity contribution < 1.29 is 8.78 Å². The van der Waals surface area contributed by atoms with E-state index in [0.29, 0.717) is 22.8 Å². The molecule has 4 aromatic carbocycles. The summed E-state index contributed by atoms with van der Waals surface area (Å²) in [7, 11) is 0. The van der Waals surface area contributed by atoms with Crippen molar-refractivity contribution >= 4 is 0 Å². The number of halogens is 2. The van der Waals surface area contributed by atoms with Gasteiger partial charge in [0.05, 0.1) is 23.0 Å². The molecule has 5 aromatic rings. The van der Waals surface area contributed by atoms with E-state index < -0.39 is 11.6 Å². The molecule has 5 rings (SSSR count). The van der Waals surface area contributed by atoms with Gasteiger partial charge in [0.15, 0.2) is 5.82 Å². The average molecular weight is 445 g/mol. The lowest BCUT2D eigenvalue weighted by Gasteiger charge is -2.11. The third kappa shape index (κ3) is 4.17. The molecule has 0 bridgehead atoms. The Kier molecular flexibility index (Phi) is 5.63. The Hall–Kier alpha value is -4.69. The lowest BCUT2D eigenvalue weighted by molar-refractivity contribution is 0.616. The molecule has 0 spiro atoms. The minimum absolute atomic E-state index is 0.0423. The van der Waals surface area contributed by atoms with Gasteiger partial charge in [-0.15, -0.1) is 0 Å². The molecule has 0 N–H and O–H groups in total. The molecule has 34 heavy (non-hydrogen) atoms. The minimum Gasteiger partial charge on any atom is -0.228 e. The van der Waals surface area contributed by atoms with Crippen LogP contribution in [0.1, 0.15) is 5.56 Å². The van der Waals surface area contributed by atoms with Crippen LogP contribution >= 0.6 is 0 Å². The summed E-state index contributed by atoms with van der Waals surface area (Å²) in [5, 5.41) is 9.12. The highest BCUT2D eigenvalue weighted by Gasteiger charge is 2.15. The minimum atomic E-state index is -0.604. The fourth-order valence-corrected chi connectivity index (χ4v) is 3.76. The van der Waals surface area contributed by atoms with Crippen LogP contribution in [0.5, 0.6) is 0 Å². The second-order valence-electron chi connectivity index (χ2n) is 7.70. The maximum Gasteiger partial charge on any atom is 0.160 e. The predicted octanol–water partition coefficient (Wildman–Crippen LogP) is 7.29. The van der Waals surface area contributed by atoms with E-state index in [1.54, 1.807) is 6.07 Å². The number of nitriles is 1. The Morgan fingerprint density at radius 1 is 0.559 bits per heavy atom. The Morgan fingerprint density at radius 2 is 1.21 bits per heavy atom. The number of hydrogen-bond donors (Lipinski definition) is 0. The maximum atomic E-state index is 15.2. The topological polar surface area (TPSA) is 49.6 Å². The summed E-state index contributed by atoms with van der Waals surface area (Å²) in [5.41, 5.74) is 3.93. The van der Waals surface area contributed by atoms with Gasteiger partial charge in [0, 0.05) is 27.8 Å². The van der Waals surface area contributed by atoms with Crippen molar-refractivity contribution in [3.05, 3.63) is 120 Å². The van der Waals surface area contributed by atoms with Crippen LogP contribution in [0.15, 0.2) is 103 Å². The molecule has 0 radical (unpaired) electrons. The predicted molar refractivity (Wildman–Crippen MR) is 128 cm³/mol. The summed E-state index contributed by atoms with van der Waals surface area (Å²) < 4.78 is 29.6. The van der Waals surface area contributed by atoms with Gasteiger partial charge in [-0.1, -0.05) is 72.8 Å². The standard InChI is InChI=1S/C29H17F2N3/c30-25-14-11-19(18-32)15-24(25)23-13-12-22(16-26(23)31)28-17-27(20-7-3-1-4-8-20)33-29(34-28)21-9-5-2-6-10-21/h1-17H. The first kappa shape index (κ1) is 21.2. The van der Waals surface area contributed by atoms with Crippen molar-refractivity contribution in [3.63, 3.8) is 0 Å². The van der Waals surface area contributed by atoms with Crippen LogP contribution < -0.4 is 0 Å². The lowest BCUT2D eigenvalue weighted by atomic mass is 9.99. The number of benzene rings is 4. The Bertz CT molecular complexity index is 1470. The normalized spacial score (nSPS) is 10.6. The third-order valence-electron chi connectivity index (χ3n) is 5.48. The molecule has 0 atom stereocenters. The summed E-state index contributed by atoms with van der Waals surface area (Å²) in [4.78, 5) is 9.43. The molecule has 0 aliphatic carbocycles. The van der Waals surface area contributed by atoms with E-state index >= 15 is 4.39 Å². The first-order valence-corrected chi connectivity index (χ1v) is 10.6. The average Bonchev–Trinajstić information content (AvgIpc) is 2.90. The summed E-state index contributed by atoms with van der Waals surface area (Å²) in [6.45, 7) is 0. The van der Waals surface area contributed by atoms with Crippen molar-refractivity contribution in [2.45, 2.75) is 0 Å². The van der Waals surface area contributed by atoms with Gasteiger partial charge in [-0.25, -0.2) is 18.7 Å².